The number of pyridine rings is 1. The predicted octanol–water partition coefficient (Wildman–Crippen LogP) is 2.92. The molecule has 0 fully saturated rings. The highest BCUT2D eigenvalue weighted by atomic mass is 19.1. The van der Waals surface area contributed by atoms with E-state index in [4.69, 9.17) is 15.2 Å². The third-order valence-corrected chi connectivity index (χ3v) is 3.10. The topological polar surface area (TPSA) is 57.4 Å². The highest BCUT2D eigenvalue weighted by Crippen LogP contribution is 2.41. The lowest BCUT2D eigenvalue weighted by molar-refractivity contribution is 0.350. The minimum atomic E-state index is -0.536. The van der Waals surface area contributed by atoms with Crippen LogP contribution in [0.25, 0.3) is 11.1 Å². The Morgan fingerprint density at radius 2 is 1.85 bits per heavy atom. The number of hydrogen-bond acceptors (Lipinski definition) is 4. The lowest BCUT2D eigenvalue weighted by Gasteiger charge is -2.19. The van der Waals surface area contributed by atoms with Gasteiger partial charge in [0, 0.05) is 24.0 Å². The maximum absolute atomic E-state index is 14.4. The van der Waals surface area contributed by atoms with Gasteiger partial charge in [0.15, 0.2) is 11.5 Å². The number of halogens is 1. The average molecular weight is 276 g/mol. The summed E-state index contributed by atoms with van der Waals surface area (Å²) < 4.78 is 24.6. The number of ether oxygens (including phenoxy) is 2. The minimum absolute atomic E-state index is 0.118. The maximum atomic E-state index is 14.4. The van der Waals surface area contributed by atoms with E-state index in [-0.39, 0.29) is 17.5 Å². The minimum Gasteiger partial charge on any atom is -0.494 e. The van der Waals surface area contributed by atoms with E-state index in [1.54, 1.807) is 30.6 Å². The number of nitrogens with two attached hydrogens (primary N) is 1. The van der Waals surface area contributed by atoms with Crippen molar-refractivity contribution in [2.24, 2.45) is 5.73 Å². The molecule has 0 aliphatic rings. The summed E-state index contributed by atoms with van der Waals surface area (Å²) in [4.78, 5) is 3.97. The first kappa shape index (κ1) is 14.3. The normalized spacial score (nSPS) is 12.1. The zero-order valence-electron chi connectivity index (χ0n) is 11.7. The van der Waals surface area contributed by atoms with Crippen molar-refractivity contribution in [1.82, 2.24) is 4.98 Å². The second-order valence-electron chi connectivity index (χ2n) is 4.41. The van der Waals surface area contributed by atoms with E-state index >= 15 is 0 Å². The molecule has 1 atom stereocenters. The molecule has 0 bridgehead atoms. The van der Waals surface area contributed by atoms with Gasteiger partial charge in [-0.3, -0.25) is 4.98 Å². The molecule has 0 radical (unpaired) electrons. The van der Waals surface area contributed by atoms with Gasteiger partial charge in [-0.05, 0) is 36.2 Å². The number of methoxy groups -OCH3 is 2. The number of hydrogen-bond donors (Lipinski definition) is 1. The molecule has 0 saturated heterocycles. The molecule has 0 amide bonds. The van der Waals surface area contributed by atoms with Crippen molar-refractivity contribution in [2.45, 2.75) is 13.0 Å². The molecule has 1 heterocycles. The van der Waals surface area contributed by atoms with Gasteiger partial charge in [0.1, 0.15) is 0 Å². The van der Waals surface area contributed by atoms with Gasteiger partial charge < -0.3 is 15.2 Å². The fraction of sp³-hybridized carbons (Fsp3) is 0.267. The van der Waals surface area contributed by atoms with Crippen LogP contribution in [0.2, 0.25) is 0 Å². The van der Waals surface area contributed by atoms with Crippen LogP contribution < -0.4 is 15.2 Å². The second kappa shape index (κ2) is 5.88. The zero-order chi connectivity index (χ0) is 14.7. The molecule has 20 heavy (non-hydrogen) atoms. The zero-order valence-corrected chi connectivity index (χ0v) is 11.7. The summed E-state index contributed by atoms with van der Waals surface area (Å²) in [6, 6.07) is 4.89. The van der Waals surface area contributed by atoms with Crippen molar-refractivity contribution in [3.05, 3.63) is 42.0 Å². The third kappa shape index (κ3) is 2.44. The highest BCUT2D eigenvalue weighted by molar-refractivity contribution is 5.76. The van der Waals surface area contributed by atoms with Crippen molar-refractivity contribution in [3.63, 3.8) is 0 Å². The summed E-state index contributed by atoms with van der Waals surface area (Å²) in [6.45, 7) is 1.83. The maximum Gasteiger partial charge on any atom is 0.207 e. The molecular weight excluding hydrogens is 259 g/mol. The summed E-state index contributed by atoms with van der Waals surface area (Å²) in [5.74, 6) is -0.291. The molecule has 0 aliphatic carbocycles. The Kier molecular flexibility index (Phi) is 4.20. The van der Waals surface area contributed by atoms with Crippen molar-refractivity contribution in [2.75, 3.05) is 14.2 Å². The summed E-state index contributed by atoms with van der Waals surface area (Å²) in [7, 11) is 2.84. The van der Waals surface area contributed by atoms with Crippen molar-refractivity contribution >= 4 is 0 Å². The van der Waals surface area contributed by atoms with Gasteiger partial charge in [0.25, 0.3) is 0 Å². The first-order valence-electron chi connectivity index (χ1n) is 6.20. The molecule has 5 heteroatoms. The Bertz CT molecular complexity index is 601. The molecule has 0 saturated carbocycles. The van der Waals surface area contributed by atoms with Gasteiger partial charge in [-0.2, -0.15) is 4.39 Å². The number of aromatic nitrogens is 1. The fourth-order valence-electron chi connectivity index (χ4n) is 2.15. The number of nitrogens with zero attached hydrogens (tertiary/aromatic N) is 1. The Labute approximate surface area is 117 Å². The molecule has 2 aromatic rings. The van der Waals surface area contributed by atoms with E-state index in [1.165, 1.54) is 14.2 Å². The monoisotopic (exact) mass is 276 g/mol. The number of benzene rings is 1. The van der Waals surface area contributed by atoms with Gasteiger partial charge in [0.2, 0.25) is 5.82 Å². The van der Waals surface area contributed by atoms with Crippen LogP contribution in [0.4, 0.5) is 4.39 Å². The van der Waals surface area contributed by atoms with Crippen LogP contribution in [0.1, 0.15) is 18.5 Å². The molecule has 4 nitrogen and oxygen atoms in total. The Balaban J connectivity index is 2.79. The van der Waals surface area contributed by atoms with Gasteiger partial charge in [-0.25, -0.2) is 0 Å². The van der Waals surface area contributed by atoms with Crippen molar-refractivity contribution < 1.29 is 13.9 Å². The van der Waals surface area contributed by atoms with Gasteiger partial charge in [-0.1, -0.05) is 0 Å². The van der Waals surface area contributed by atoms with Gasteiger partial charge >= 0.3 is 0 Å². The lowest BCUT2D eigenvalue weighted by Crippen LogP contribution is -2.09. The Hall–Kier alpha value is -2.14. The van der Waals surface area contributed by atoms with E-state index in [0.717, 1.165) is 11.1 Å². The van der Waals surface area contributed by atoms with Crippen LogP contribution in [-0.4, -0.2) is 19.2 Å². The summed E-state index contributed by atoms with van der Waals surface area (Å²) in [5.41, 5.74) is 8.18. The van der Waals surface area contributed by atoms with Crippen LogP contribution in [0.5, 0.6) is 11.5 Å². The van der Waals surface area contributed by atoms with Crippen LogP contribution in [0, 0.1) is 5.82 Å². The SMILES string of the molecule is COc1cc(C(C)N)c(-c2ccncc2)c(OC)c1F. The van der Waals surface area contributed by atoms with Crippen LogP contribution >= 0.6 is 0 Å². The fourth-order valence-corrected chi connectivity index (χ4v) is 2.15. The van der Waals surface area contributed by atoms with Gasteiger partial charge in [-0.15, -0.1) is 0 Å². The average Bonchev–Trinajstić information content (AvgIpc) is 2.47. The van der Waals surface area contributed by atoms with E-state index < -0.39 is 5.82 Å². The third-order valence-electron chi connectivity index (χ3n) is 3.10. The molecule has 2 rings (SSSR count). The lowest BCUT2D eigenvalue weighted by atomic mass is 9.94. The van der Waals surface area contributed by atoms with E-state index in [9.17, 15) is 4.39 Å². The summed E-state index contributed by atoms with van der Waals surface area (Å²) >= 11 is 0. The largest absolute Gasteiger partial charge is 0.494 e. The number of rotatable bonds is 4. The van der Waals surface area contributed by atoms with E-state index in [2.05, 4.69) is 4.98 Å². The standard InChI is InChI=1S/C15H17FN2O2/c1-9(17)11-8-12(19-2)14(16)15(20-3)13(11)10-4-6-18-7-5-10/h4-9H,17H2,1-3H3. The molecule has 106 valence electrons. The predicted molar refractivity (Wildman–Crippen MR) is 75.3 cm³/mol. The summed E-state index contributed by atoms with van der Waals surface area (Å²) in [5, 5.41) is 0. The van der Waals surface area contributed by atoms with Crippen LogP contribution in [0.3, 0.4) is 0 Å². The van der Waals surface area contributed by atoms with E-state index in [0.29, 0.717) is 5.56 Å². The molecule has 0 spiro atoms. The molecular formula is C15H17FN2O2. The molecule has 1 aromatic carbocycles. The van der Waals surface area contributed by atoms with Gasteiger partial charge in [0.05, 0.1) is 14.2 Å². The smallest absolute Gasteiger partial charge is 0.207 e. The quantitative estimate of drug-likeness (QED) is 0.932. The Morgan fingerprint density at radius 1 is 1.20 bits per heavy atom. The first-order valence-corrected chi connectivity index (χ1v) is 6.20. The highest BCUT2D eigenvalue weighted by Gasteiger charge is 2.22. The first-order chi connectivity index (χ1) is 9.60. The molecule has 2 N–H and O–H groups in total. The van der Waals surface area contributed by atoms with E-state index in [1.807, 2.05) is 6.92 Å². The van der Waals surface area contributed by atoms with Crippen LogP contribution in [0.15, 0.2) is 30.6 Å². The van der Waals surface area contributed by atoms with Crippen LogP contribution in [-0.2, 0) is 0 Å². The Morgan fingerprint density at radius 3 is 2.35 bits per heavy atom. The van der Waals surface area contributed by atoms with Crippen molar-refractivity contribution in [1.29, 1.82) is 0 Å². The molecule has 0 aliphatic heterocycles. The summed E-state index contributed by atoms with van der Waals surface area (Å²) in [6.07, 6.45) is 3.28. The molecule has 1 aromatic heterocycles. The second-order valence-corrected chi connectivity index (χ2v) is 4.41. The van der Waals surface area contributed by atoms with Crippen molar-refractivity contribution in [3.8, 4) is 22.6 Å². The molecule has 1 unspecified atom stereocenters.